The normalized spacial score (nSPS) is 9.76. The van der Waals surface area contributed by atoms with Gasteiger partial charge in [0.05, 0.1) is 19.1 Å². The third kappa shape index (κ3) is 4.10. The molecule has 0 aromatic heterocycles. The highest BCUT2D eigenvalue weighted by molar-refractivity contribution is 5.90. The molecular weight excluding hydrogens is 229 g/mol. The summed E-state index contributed by atoms with van der Waals surface area (Å²) in [7, 11) is 1.20. The fourth-order valence-electron chi connectivity index (χ4n) is 1.24. The molecule has 1 rings (SSSR count). The average molecular weight is 241 g/mol. The highest BCUT2D eigenvalue weighted by Crippen LogP contribution is 2.14. The fourth-order valence-corrected chi connectivity index (χ4v) is 1.24. The van der Waals surface area contributed by atoms with E-state index >= 15 is 0 Å². The lowest BCUT2D eigenvalue weighted by molar-refractivity contribution is -0.136. The Morgan fingerprint density at radius 2 is 2.12 bits per heavy atom. The number of aliphatic carboxylic acids is 1. The number of ether oxygens (including phenoxy) is 1. The molecule has 0 unspecified atom stereocenters. The summed E-state index contributed by atoms with van der Waals surface area (Å²) in [6.07, 6.45) is -0.0932. The van der Waals surface area contributed by atoms with Crippen LogP contribution in [0.4, 0.5) is 10.1 Å². The number of nitrogens with one attached hydrogen (secondary N) is 1. The first-order valence-corrected chi connectivity index (χ1v) is 4.87. The lowest BCUT2D eigenvalue weighted by atomic mass is 10.2. The van der Waals surface area contributed by atoms with Crippen LogP contribution < -0.4 is 5.32 Å². The van der Waals surface area contributed by atoms with Crippen LogP contribution in [0.2, 0.25) is 0 Å². The monoisotopic (exact) mass is 241 g/mol. The number of carboxylic acids is 1. The summed E-state index contributed by atoms with van der Waals surface area (Å²) in [4.78, 5) is 21.5. The van der Waals surface area contributed by atoms with Crippen molar-refractivity contribution in [1.82, 2.24) is 0 Å². The Labute approximate surface area is 97.2 Å². The van der Waals surface area contributed by atoms with Gasteiger partial charge in [-0.15, -0.1) is 0 Å². The van der Waals surface area contributed by atoms with Crippen molar-refractivity contribution in [3.05, 3.63) is 29.6 Å². The Morgan fingerprint density at radius 1 is 1.41 bits per heavy atom. The minimum atomic E-state index is -0.956. The molecule has 0 saturated heterocycles. The Balaban J connectivity index is 2.75. The third-order valence-electron chi connectivity index (χ3n) is 1.99. The van der Waals surface area contributed by atoms with Gasteiger partial charge < -0.3 is 15.2 Å². The smallest absolute Gasteiger partial charge is 0.338 e. The standard InChI is InChI=1S/C11H12FNO4/c1-17-11(16)7-4-8(12)6-9(5-7)13-3-2-10(14)15/h4-6,13H,2-3H2,1H3,(H,14,15). The minimum Gasteiger partial charge on any atom is -0.481 e. The number of anilines is 1. The van der Waals surface area contributed by atoms with E-state index in [2.05, 4.69) is 10.1 Å². The van der Waals surface area contributed by atoms with Crippen molar-refractivity contribution in [2.24, 2.45) is 0 Å². The quantitative estimate of drug-likeness (QED) is 0.764. The van der Waals surface area contributed by atoms with E-state index in [1.807, 2.05) is 0 Å². The molecule has 2 N–H and O–H groups in total. The van der Waals surface area contributed by atoms with Crippen LogP contribution in [-0.4, -0.2) is 30.7 Å². The number of halogens is 1. The Kier molecular flexibility index (Phi) is 4.45. The maximum Gasteiger partial charge on any atom is 0.338 e. The van der Waals surface area contributed by atoms with Gasteiger partial charge in [0, 0.05) is 12.2 Å². The summed E-state index contributed by atoms with van der Waals surface area (Å²) in [6.45, 7) is 0.152. The van der Waals surface area contributed by atoms with Crippen molar-refractivity contribution in [3.8, 4) is 0 Å². The van der Waals surface area contributed by atoms with Gasteiger partial charge in [-0.25, -0.2) is 9.18 Å². The molecule has 92 valence electrons. The van der Waals surface area contributed by atoms with Gasteiger partial charge in [-0.05, 0) is 18.2 Å². The molecule has 0 radical (unpaired) electrons. The predicted octanol–water partition coefficient (Wildman–Crippen LogP) is 1.50. The first-order chi connectivity index (χ1) is 8.02. The zero-order chi connectivity index (χ0) is 12.8. The van der Waals surface area contributed by atoms with Gasteiger partial charge in [0.15, 0.2) is 0 Å². The molecule has 0 amide bonds. The molecule has 0 saturated carbocycles. The van der Waals surface area contributed by atoms with Gasteiger partial charge in [0.1, 0.15) is 5.82 Å². The van der Waals surface area contributed by atoms with Crippen molar-refractivity contribution in [1.29, 1.82) is 0 Å². The SMILES string of the molecule is COC(=O)c1cc(F)cc(NCCC(=O)O)c1. The maximum atomic E-state index is 13.1. The molecule has 17 heavy (non-hydrogen) atoms. The molecule has 0 aliphatic heterocycles. The van der Waals surface area contributed by atoms with Gasteiger partial charge in [0.2, 0.25) is 0 Å². The van der Waals surface area contributed by atoms with Crippen LogP contribution in [0.15, 0.2) is 18.2 Å². The van der Waals surface area contributed by atoms with E-state index < -0.39 is 17.8 Å². The number of carbonyl (C=O) groups excluding carboxylic acids is 1. The van der Waals surface area contributed by atoms with Crippen LogP contribution in [0.5, 0.6) is 0 Å². The summed E-state index contributed by atoms with van der Waals surface area (Å²) in [5, 5.41) is 11.1. The van der Waals surface area contributed by atoms with E-state index in [-0.39, 0.29) is 18.5 Å². The molecule has 0 bridgehead atoms. The van der Waals surface area contributed by atoms with Crippen molar-refractivity contribution in [2.45, 2.75) is 6.42 Å². The lowest BCUT2D eigenvalue weighted by Crippen LogP contribution is -2.09. The Morgan fingerprint density at radius 3 is 2.71 bits per heavy atom. The van der Waals surface area contributed by atoms with Gasteiger partial charge in [-0.3, -0.25) is 4.79 Å². The van der Waals surface area contributed by atoms with Crippen LogP contribution in [0.25, 0.3) is 0 Å². The fraction of sp³-hybridized carbons (Fsp3) is 0.273. The topological polar surface area (TPSA) is 75.6 Å². The van der Waals surface area contributed by atoms with E-state index in [0.717, 1.165) is 6.07 Å². The molecule has 0 aliphatic rings. The van der Waals surface area contributed by atoms with E-state index in [0.29, 0.717) is 5.69 Å². The summed E-state index contributed by atoms with van der Waals surface area (Å²) in [5.74, 6) is -2.20. The molecule has 0 fully saturated rings. The highest BCUT2D eigenvalue weighted by atomic mass is 19.1. The van der Waals surface area contributed by atoms with E-state index in [9.17, 15) is 14.0 Å². The largest absolute Gasteiger partial charge is 0.481 e. The van der Waals surface area contributed by atoms with Crippen LogP contribution in [0.3, 0.4) is 0 Å². The first kappa shape index (κ1) is 13.0. The van der Waals surface area contributed by atoms with Gasteiger partial charge in [-0.1, -0.05) is 0 Å². The third-order valence-corrected chi connectivity index (χ3v) is 1.99. The first-order valence-electron chi connectivity index (χ1n) is 4.87. The summed E-state index contributed by atoms with van der Waals surface area (Å²) in [5.41, 5.74) is 0.414. The van der Waals surface area contributed by atoms with E-state index in [1.165, 1.54) is 19.2 Å². The number of esters is 1. The molecule has 0 aliphatic carbocycles. The van der Waals surface area contributed by atoms with Gasteiger partial charge in [0.25, 0.3) is 0 Å². The zero-order valence-electron chi connectivity index (χ0n) is 9.20. The molecule has 0 heterocycles. The van der Waals surface area contributed by atoms with Crippen molar-refractivity contribution >= 4 is 17.6 Å². The molecule has 0 atom stereocenters. The van der Waals surface area contributed by atoms with Crippen molar-refractivity contribution in [2.75, 3.05) is 19.0 Å². The molecule has 1 aromatic rings. The number of carboxylic acid groups (broad SMARTS) is 1. The number of hydrogen-bond acceptors (Lipinski definition) is 4. The summed E-state index contributed by atoms with van der Waals surface area (Å²) in [6, 6.07) is 3.62. The van der Waals surface area contributed by atoms with E-state index in [1.54, 1.807) is 0 Å². The Hall–Kier alpha value is -2.11. The number of carbonyl (C=O) groups is 2. The van der Waals surface area contributed by atoms with Gasteiger partial charge in [-0.2, -0.15) is 0 Å². The van der Waals surface area contributed by atoms with Crippen LogP contribution in [0.1, 0.15) is 16.8 Å². The maximum absolute atomic E-state index is 13.1. The molecule has 6 heteroatoms. The van der Waals surface area contributed by atoms with E-state index in [4.69, 9.17) is 5.11 Å². The lowest BCUT2D eigenvalue weighted by Gasteiger charge is -2.07. The Bertz CT molecular complexity index is 433. The molecule has 5 nitrogen and oxygen atoms in total. The number of rotatable bonds is 5. The highest BCUT2D eigenvalue weighted by Gasteiger charge is 2.08. The second-order valence-electron chi connectivity index (χ2n) is 3.29. The van der Waals surface area contributed by atoms with Crippen molar-refractivity contribution < 1.29 is 23.8 Å². The van der Waals surface area contributed by atoms with Gasteiger partial charge >= 0.3 is 11.9 Å². The van der Waals surface area contributed by atoms with Crippen LogP contribution in [0, 0.1) is 5.82 Å². The average Bonchev–Trinajstić information content (AvgIpc) is 2.26. The second kappa shape index (κ2) is 5.83. The number of hydrogen-bond donors (Lipinski definition) is 2. The second-order valence-corrected chi connectivity index (χ2v) is 3.29. The summed E-state index contributed by atoms with van der Waals surface area (Å²) < 4.78 is 17.6. The number of methoxy groups -OCH3 is 1. The minimum absolute atomic E-state index is 0.0744. The zero-order valence-corrected chi connectivity index (χ0v) is 9.20. The molecule has 0 spiro atoms. The molecular formula is C11H12FNO4. The number of benzene rings is 1. The summed E-state index contributed by atoms with van der Waals surface area (Å²) >= 11 is 0. The predicted molar refractivity (Wildman–Crippen MR) is 58.5 cm³/mol. The van der Waals surface area contributed by atoms with Crippen LogP contribution >= 0.6 is 0 Å². The van der Waals surface area contributed by atoms with Crippen molar-refractivity contribution in [3.63, 3.8) is 0 Å². The van der Waals surface area contributed by atoms with Crippen LogP contribution in [-0.2, 0) is 9.53 Å². The molecule has 1 aromatic carbocycles.